The number of aliphatic imine (C=N–C) groups is 1. The number of nitro groups is 1. The van der Waals surface area contributed by atoms with E-state index < -0.39 is 18.1 Å². The highest BCUT2D eigenvalue weighted by Gasteiger charge is 2.68. The molecule has 0 aromatic heterocycles. The van der Waals surface area contributed by atoms with Crippen LogP contribution in [0, 0.1) is 39.2 Å². The number of ketones is 1. The molecule has 0 unspecified atom stereocenters. The summed E-state index contributed by atoms with van der Waals surface area (Å²) in [5.41, 5.74) is 8.60. The van der Waals surface area contributed by atoms with Crippen molar-refractivity contribution >= 4 is 24.8 Å². The lowest BCUT2D eigenvalue weighted by molar-refractivity contribution is -0.525. The number of aryl methyl sites for hydroxylation is 1. The van der Waals surface area contributed by atoms with E-state index in [0.717, 1.165) is 51.4 Å². The third-order valence-electron chi connectivity index (χ3n) is 11.2. The average molecular weight is 668 g/mol. The first-order valence-electron chi connectivity index (χ1n) is 18.2. The Morgan fingerprint density at radius 3 is 2.48 bits per heavy atom. The van der Waals surface area contributed by atoms with E-state index in [0.29, 0.717) is 43.4 Å². The monoisotopic (exact) mass is 667 g/mol. The van der Waals surface area contributed by atoms with Gasteiger partial charge in [0.2, 0.25) is 5.91 Å². The Morgan fingerprint density at radius 1 is 1.08 bits per heavy atom. The molecule has 4 aliphatic rings. The maximum Gasteiger partial charge on any atom is 0.481 e. The molecule has 1 saturated heterocycles. The van der Waals surface area contributed by atoms with Crippen LogP contribution in [0.3, 0.4) is 0 Å². The van der Waals surface area contributed by atoms with E-state index in [-0.39, 0.29) is 53.7 Å². The summed E-state index contributed by atoms with van der Waals surface area (Å²) in [4.78, 5) is 41.7. The first-order chi connectivity index (χ1) is 22.8. The number of nitrogens with zero attached hydrogens (tertiary/aromatic N) is 2. The standard InChI is InChI=1S/C36H58BN5O6/c1-25(2)21-32(37-47-31-24-28-23-30(35(28,3)4)36(31,5)48-37)40-33(44)27(18-14-20-39-34(38)41-42(45)46)22-29(43)19-13-8-6-7-10-15-26-16-11-9-12-17-26/h9,11-12,16-17,25,27-28,30-32H,6-8,10,13-15,18-24H2,1-5H3,(H,40,44)(H3,38,39,41)/t27-,28+,30+,31-,32+,36+/m1/s1. The molecule has 1 aromatic carbocycles. The Kier molecular flexibility index (Phi) is 13.5. The molecule has 1 heterocycles. The van der Waals surface area contributed by atoms with Crippen molar-refractivity contribution in [2.45, 2.75) is 136 Å². The second kappa shape index (κ2) is 17.1. The largest absolute Gasteiger partial charge is 0.481 e. The molecule has 5 rings (SSSR count). The number of benzene rings is 1. The van der Waals surface area contributed by atoms with Crippen LogP contribution < -0.4 is 16.5 Å². The molecule has 11 nitrogen and oxygen atoms in total. The summed E-state index contributed by atoms with van der Waals surface area (Å²) >= 11 is 0. The van der Waals surface area contributed by atoms with Crippen LogP contribution in [-0.4, -0.2) is 54.0 Å². The van der Waals surface area contributed by atoms with Crippen molar-refractivity contribution in [3.8, 4) is 0 Å². The highest BCUT2D eigenvalue weighted by atomic mass is 16.7. The van der Waals surface area contributed by atoms with Gasteiger partial charge in [0.1, 0.15) is 5.78 Å². The van der Waals surface area contributed by atoms with Crippen LogP contribution in [0.2, 0.25) is 0 Å². The van der Waals surface area contributed by atoms with Gasteiger partial charge in [-0.15, -0.1) is 0 Å². The molecule has 0 radical (unpaired) electrons. The lowest BCUT2D eigenvalue weighted by Gasteiger charge is -2.64. The minimum absolute atomic E-state index is 0.0117. The minimum Gasteiger partial charge on any atom is -0.404 e. The van der Waals surface area contributed by atoms with Crippen molar-refractivity contribution in [1.82, 2.24) is 10.7 Å². The SMILES string of the molecule is CC(C)C[C@H](NC(=O)[C@H](CCCN=C(N)N[N+](=O)[O-])CC(=O)CCCCCCCc1ccccc1)B1O[C@@H]2C[C@@H]3C[C@@H](C3(C)C)[C@]2(C)O1. The number of hydrogen-bond acceptors (Lipinski definition) is 7. The Hall–Kier alpha value is -2.99. The molecule has 1 aromatic rings. The number of nitrogens with one attached hydrogen (secondary N) is 2. The minimum atomic E-state index is -0.764. The summed E-state index contributed by atoms with van der Waals surface area (Å²) in [7, 11) is -0.544. The third-order valence-corrected chi connectivity index (χ3v) is 11.2. The van der Waals surface area contributed by atoms with Crippen molar-refractivity contribution < 1.29 is 23.9 Å². The molecule has 1 aliphatic heterocycles. The molecular weight excluding hydrogens is 609 g/mol. The zero-order chi connectivity index (χ0) is 34.9. The van der Waals surface area contributed by atoms with Gasteiger partial charge in [0.25, 0.3) is 5.96 Å². The van der Waals surface area contributed by atoms with Gasteiger partial charge in [0.05, 0.1) is 17.6 Å². The van der Waals surface area contributed by atoms with Crippen LogP contribution >= 0.6 is 0 Å². The van der Waals surface area contributed by atoms with E-state index in [4.69, 9.17) is 15.0 Å². The maximum atomic E-state index is 13.9. The summed E-state index contributed by atoms with van der Waals surface area (Å²) in [6.45, 7) is 11.3. The number of Topliss-reactive ketones (excluding diaryl/α,β-unsaturated/α-hetero) is 1. The second-order valence-electron chi connectivity index (χ2n) is 15.6. The van der Waals surface area contributed by atoms with Gasteiger partial charge in [-0.25, -0.2) is 15.1 Å². The van der Waals surface area contributed by atoms with Gasteiger partial charge in [0, 0.05) is 25.3 Å². The molecule has 4 fully saturated rings. The number of unbranched alkanes of at least 4 members (excludes halogenated alkanes) is 4. The van der Waals surface area contributed by atoms with Crippen LogP contribution in [-0.2, 0) is 25.3 Å². The van der Waals surface area contributed by atoms with Crippen LogP contribution in [0.1, 0.15) is 117 Å². The van der Waals surface area contributed by atoms with Gasteiger partial charge < -0.3 is 20.4 Å². The van der Waals surface area contributed by atoms with Crippen molar-refractivity contribution in [2.75, 3.05) is 6.54 Å². The predicted molar refractivity (Wildman–Crippen MR) is 188 cm³/mol. The Balaban J connectivity index is 1.32. The maximum absolute atomic E-state index is 13.9. The van der Waals surface area contributed by atoms with Gasteiger partial charge in [-0.1, -0.05) is 82.7 Å². The average Bonchev–Trinajstić information content (AvgIpc) is 3.39. The van der Waals surface area contributed by atoms with Gasteiger partial charge in [-0.2, -0.15) is 0 Å². The van der Waals surface area contributed by atoms with Crippen molar-refractivity contribution in [3.63, 3.8) is 0 Å². The molecule has 4 N–H and O–H groups in total. The van der Waals surface area contributed by atoms with E-state index in [9.17, 15) is 19.7 Å². The van der Waals surface area contributed by atoms with Gasteiger partial charge in [-0.05, 0) is 87.0 Å². The van der Waals surface area contributed by atoms with Gasteiger partial charge in [-0.3, -0.25) is 9.59 Å². The highest BCUT2D eigenvalue weighted by Crippen LogP contribution is 2.65. The number of hydrogen-bond donors (Lipinski definition) is 3. The van der Waals surface area contributed by atoms with E-state index in [1.54, 1.807) is 0 Å². The molecule has 1 amide bonds. The summed E-state index contributed by atoms with van der Waals surface area (Å²) in [6.07, 6.45) is 10.5. The molecule has 266 valence electrons. The fourth-order valence-electron chi connectivity index (χ4n) is 8.31. The number of nitrogens with two attached hydrogens (primary N) is 1. The predicted octanol–water partition coefficient (Wildman–Crippen LogP) is 5.82. The van der Waals surface area contributed by atoms with Crippen LogP contribution in [0.15, 0.2) is 35.3 Å². The quantitative estimate of drug-likeness (QED) is 0.0392. The normalized spacial score (nSPS) is 25.6. The molecule has 12 heteroatoms. The topological polar surface area (TPSA) is 158 Å². The smallest absolute Gasteiger partial charge is 0.404 e. The van der Waals surface area contributed by atoms with Crippen LogP contribution in [0.4, 0.5) is 0 Å². The van der Waals surface area contributed by atoms with Crippen molar-refractivity contribution in [3.05, 3.63) is 46.0 Å². The summed E-state index contributed by atoms with van der Waals surface area (Å²) in [5, 5.41) is 13.1. The number of amides is 1. The fourth-order valence-corrected chi connectivity index (χ4v) is 8.31. The highest BCUT2D eigenvalue weighted by molar-refractivity contribution is 6.47. The lowest BCUT2D eigenvalue weighted by atomic mass is 9.43. The number of rotatable bonds is 20. The number of guanidine groups is 1. The lowest BCUT2D eigenvalue weighted by Crippen LogP contribution is -2.65. The van der Waals surface area contributed by atoms with Crippen LogP contribution in [0.25, 0.3) is 0 Å². The summed E-state index contributed by atoms with van der Waals surface area (Å²) in [6, 6.07) is 10.5. The summed E-state index contributed by atoms with van der Waals surface area (Å²) < 4.78 is 13.3. The fraction of sp³-hybridized carbons (Fsp3) is 0.750. The molecule has 48 heavy (non-hydrogen) atoms. The van der Waals surface area contributed by atoms with E-state index in [2.05, 4.69) is 69.2 Å². The molecular formula is C36H58BN5O6. The van der Waals surface area contributed by atoms with Crippen LogP contribution in [0.5, 0.6) is 0 Å². The number of carbonyl (C=O) groups excluding carboxylic acids is 2. The number of carbonyl (C=O) groups is 2. The molecule has 3 aliphatic carbocycles. The molecule has 0 spiro atoms. The van der Waals surface area contributed by atoms with E-state index >= 15 is 0 Å². The third kappa shape index (κ3) is 10.0. The number of hydrazine groups is 1. The molecule has 2 bridgehead atoms. The zero-order valence-corrected chi connectivity index (χ0v) is 29.7. The Labute approximate surface area is 287 Å². The first-order valence-corrected chi connectivity index (χ1v) is 18.2. The zero-order valence-electron chi connectivity index (χ0n) is 29.7. The van der Waals surface area contributed by atoms with Gasteiger partial charge >= 0.3 is 7.12 Å². The van der Waals surface area contributed by atoms with E-state index in [1.807, 2.05) is 11.5 Å². The Morgan fingerprint density at radius 2 is 1.79 bits per heavy atom. The second-order valence-corrected chi connectivity index (χ2v) is 15.6. The van der Waals surface area contributed by atoms with E-state index in [1.165, 1.54) is 5.56 Å². The van der Waals surface area contributed by atoms with Crippen molar-refractivity contribution in [2.24, 2.45) is 39.8 Å². The van der Waals surface area contributed by atoms with Crippen molar-refractivity contribution in [1.29, 1.82) is 0 Å². The first kappa shape index (κ1) is 37.8. The summed E-state index contributed by atoms with van der Waals surface area (Å²) in [5.74, 6) is 0.0466. The molecule has 3 saturated carbocycles. The molecule has 6 atom stereocenters. The van der Waals surface area contributed by atoms with Gasteiger partial charge in [0.15, 0.2) is 5.03 Å². The Bertz CT molecular complexity index is 1260.